The summed E-state index contributed by atoms with van der Waals surface area (Å²) >= 11 is 0. The largest absolute Gasteiger partial charge is 0.481 e. The number of rotatable bonds is 6. The second-order valence-corrected chi connectivity index (χ2v) is 6.79. The van der Waals surface area contributed by atoms with Gasteiger partial charge in [0.1, 0.15) is 0 Å². The minimum atomic E-state index is -1.02. The highest BCUT2D eigenvalue weighted by Gasteiger charge is 2.25. The van der Waals surface area contributed by atoms with Crippen molar-refractivity contribution in [3.63, 3.8) is 0 Å². The summed E-state index contributed by atoms with van der Waals surface area (Å²) in [5.41, 5.74) is 0. The third-order valence-corrected chi connectivity index (χ3v) is 4.73. The number of nitrogens with zero attached hydrogens (tertiary/aromatic N) is 3. The molecule has 0 aliphatic carbocycles. The van der Waals surface area contributed by atoms with Gasteiger partial charge < -0.3 is 24.4 Å². The lowest BCUT2D eigenvalue weighted by Gasteiger charge is -2.27. The molecule has 166 valence electrons. The van der Waals surface area contributed by atoms with Gasteiger partial charge in [0.25, 0.3) is 11.8 Å². The van der Waals surface area contributed by atoms with Crippen molar-refractivity contribution in [2.45, 2.75) is 19.3 Å². The fourth-order valence-corrected chi connectivity index (χ4v) is 3.01. The minimum Gasteiger partial charge on any atom is -0.481 e. The zero-order valence-corrected chi connectivity index (χ0v) is 16.8. The number of ether oxygens (including phenoxy) is 2. The Bertz CT molecular complexity index is 661. The van der Waals surface area contributed by atoms with Gasteiger partial charge in [-0.3, -0.25) is 28.9 Å². The number of carboxylic acid groups (broad SMARTS) is 1. The lowest BCUT2D eigenvalue weighted by Crippen LogP contribution is -2.41. The average molecular weight is 425 g/mol. The van der Waals surface area contributed by atoms with Crippen molar-refractivity contribution in [3.8, 4) is 0 Å². The summed E-state index contributed by atoms with van der Waals surface area (Å²) in [7, 11) is 0. The molecule has 30 heavy (non-hydrogen) atoms. The van der Waals surface area contributed by atoms with Crippen LogP contribution < -0.4 is 0 Å². The van der Waals surface area contributed by atoms with Crippen LogP contribution >= 0.6 is 0 Å². The maximum absolute atomic E-state index is 12.5. The van der Waals surface area contributed by atoms with E-state index in [2.05, 4.69) is 0 Å². The normalized spacial score (nSPS) is 18.9. The van der Waals surface area contributed by atoms with E-state index in [9.17, 15) is 24.0 Å². The van der Waals surface area contributed by atoms with Gasteiger partial charge in [0, 0.05) is 57.7 Å². The highest BCUT2D eigenvalue weighted by Crippen LogP contribution is 2.06. The van der Waals surface area contributed by atoms with Crippen LogP contribution in [0.1, 0.15) is 19.3 Å². The first-order valence-electron chi connectivity index (χ1n) is 9.85. The Kier molecular flexibility index (Phi) is 9.42. The molecule has 11 nitrogen and oxygen atoms in total. The Labute approximate surface area is 174 Å². The SMILES string of the molecule is O=C(O)CCC(=O)N1CCOCCN(C(=O)CCN2C(=O)C=CC2=O)CCOCC1. The van der Waals surface area contributed by atoms with Crippen LogP contribution in [0.2, 0.25) is 0 Å². The summed E-state index contributed by atoms with van der Waals surface area (Å²) in [5.74, 6) is -2.34. The van der Waals surface area contributed by atoms with E-state index in [-0.39, 0.29) is 64.0 Å². The molecule has 0 aromatic carbocycles. The quantitative estimate of drug-likeness (QED) is 0.529. The highest BCUT2D eigenvalue weighted by atomic mass is 16.5. The number of hydrogen-bond acceptors (Lipinski definition) is 7. The van der Waals surface area contributed by atoms with Gasteiger partial charge in [-0.1, -0.05) is 0 Å². The number of carbonyl (C=O) groups excluding carboxylic acids is 4. The molecule has 2 rings (SSSR count). The molecule has 4 amide bonds. The van der Waals surface area contributed by atoms with Crippen LogP contribution in [-0.2, 0) is 33.4 Å². The molecule has 11 heteroatoms. The maximum atomic E-state index is 12.5. The van der Waals surface area contributed by atoms with Gasteiger partial charge in [0.15, 0.2) is 0 Å². The number of carboxylic acids is 1. The molecule has 1 N–H and O–H groups in total. The number of carbonyl (C=O) groups is 5. The van der Waals surface area contributed by atoms with Gasteiger partial charge in [0.2, 0.25) is 11.8 Å². The highest BCUT2D eigenvalue weighted by molar-refractivity contribution is 6.13. The molecular weight excluding hydrogens is 398 g/mol. The maximum Gasteiger partial charge on any atom is 0.303 e. The summed E-state index contributed by atoms with van der Waals surface area (Å²) in [6.07, 6.45) is 2.08. The Balaban J connectivity index is 1.78. The molecule has 0 spiro atoms. The van der Waals surface area contributed by atoms with E-state index in [0.29, 0.717) is 26.2 Å². The first-order valence-corrected chi connectivity index (χ1v) is 9.85. The smallest absolute Gasteiger partial charge is 0.303 e. The van der Waals surface area contributed by atoms with Gasteiger partial charge in [-0.2, -0.15) is 0 Å². The number of hydrogen-bond donors (Lipinski definition) is 1. The fourth-order valence-electron chi connectivity index (χ4n) is 3.01. The lowest BCUT2D eigenvalue weighted by molar-refractivity contribution is -0.142. The molecule has 2 aliphatic heterocycles. The molecule has 0 bridgehead atoms. The van der Waals surface area contributed by atoms with E-state index in [1.165, 1.54) is 17.1 Å². The van der Waals surface area contributed by atoms with E-state index >= 15 is 0 Å². The fraction of sp³-hybridized carbons (Fsp3) is 0.632. The predicted molar refractivity (Wildman–Crippen MR) is 102 cm³/mol. The van der Waals surface area contributed by atoms with E-state index in [1.54, 1.807) is 4.90 Å². The van der Waals surface area contributed by atoms with Crippen LogP contribution in [0, 0.1) is 0 Å². The zero-order chi connectivity index (χ0) is 21.9. The van der Waals surface area contributed by atoms with Crippen LogP contribution in [-0.4, -0.2) is 109 Å². The Morgan fingerprint density at radius 2 is 1.20 bits per heavy atom. The summed E-state index contributed by atoms with van der Waals surface area (Å²) in [5, 5.41) is 8.72. The number of imide groups is 1. The van der Waals surface area contributed by atoms with Crippen molar-refractivity contribution in [1.82, 2.24) is 14.7 Å². The zero-order valence-electron chi connectivity index (χ0n) is 16.8. The molecule has 0 atom stereocenters. The molecule has 0 aromatic rings. The van der Waals surface area contributed by atoms with Crippen molar-refractivity contribution < 1.29 is 38.6 Å². The second-order valence-electron chi connectivity index (χ2n) is 6.79. The molecule has 2 aliphatic rings. The Hall–Kier alpha value is -2.79. The van der Waals surface area contributed by atoms with Crippen LogP contribution in [0.5, 0.6) is 0 Å². The third-order valence-electron chi connectivity index (χ3n) is 4.73. The van der Waals surface area contributed by atoms with Crippen LogP contribution in [0.25, 0.3) is 0 Å². The summed E-state index contributed by atoms with van der Waals surface area (Å²) < 4.78 is 11.1. The Morgan fingerprint density at radius 1 is 0.767 bits per heavy atom. The van der Waals surface area contributed by atoms with Crippen molar-refractivity contribution in [1.29, 1.82) is 0 Å². The van der Waals surface area contributed by atoms with Gasteiger partial charge in [-0.25, -0.2) is 0 Å². The van der Waals surface area contributed by atoms with E-state index < -0.39 is 17.8 Å². The molecule has 1 saturated heterocycles. The van der Waals surface area contributed by atoms with Gasteiger partial charge in [0.05, 0.1) is 32.8 Å². The van der Waals surface area contributed by atoms with Crippen LogP contribution in [0.3, 0.4) is 0 Å². The predicted octanol–water partition coefficient (Wildman–Crippen LogP) is -1.13. The molecule has 2 heterocycles. The molecule has 1 fully saturated rings. The van der Waals surface area contributed by atoms with Crippen LogP contribution in [0.4, 0.5) is 0 Å². The summed E-state index contributed by atoms with van der Waals surface area (Å²) in [6, 6.07) is 0. The number of amides is 4. The van der Waals surface area contributed by atoms with Crippen molar-refractivity contribution in [2.24, 2.45) is 0 Å². The molecule has 0 aromatic heterocycles. The monoisotopic (exact) mass is 425 g/mol. The first kappa shape index (κ1) is 23.5. The lowest BCUT2D eigenvalue weighted by atomic mass is 10.2. The number of aliphatic carboxylic acids is 1. The summed E-state index contributed by atoms with van der Waals surface area (Å²) in [4.78, 5) is 62.5. The molecule has 0 saturated carbocycles. The average Bonchev–Trinajstić information content (AvgIpc) is 3.02. The second kappa shape index (κ2) is 12.0. The van der Waals surface area contributed by atoms with Gasteiger partial charge in [-0.05, 0) is 0 Å². The third kappa shape index (κ3) is 7.56. The van der Waals surface area contributed by atoms with E-state index in [4.69, 9.17) is 14.6 Å². The van der Waals surface area contributed by atoms with Crippen LogP contribution in [0.15, 0.2) is 12.2 Å². The molecule has 0 radical (unpaired) electrons. The minimum absolute atomic E-state index is 0.0189. The van der Waals surface area contributed by atoms with Gasteiger partial charge >= 0.3 is 5.97 Å². The topological polar surface area (TPSA) is 134 Å². The van der Waals surface area contributed by atoms with E-state index in [1.807, 2.05) is 0 Å². The van der Waals surface area contributed by atoms with Gasteiger partial charge in [-0.15, -0.1) is 0 Å². The van der Waals surface area contributed by atoms with Crippen molar-refractivity contribution >= 4 is 29.6 Å². The molecular formula is C19H27N3O8. The van der Waals surface area contributed by atoms with Crippen molar-refractivity contribution in [3.05, 3.63) is 12.2 Å². The first-order chi connectivity index (χ1) is 14.4. The summed E-state index contributed by atoms with van der Waals surface area (Å²) in [6.45, 7) is 2.29. The standard InChI is InChI=1S/C19H27N3O8/c23-15(3-4-19(27)28)20-7-11-29-13-9-21(10-14-30-12-8-20)16(24)5-6-22-17(25)1-2-18(22)26/h1-2H,3-14H2,(H,27,28). The molecule has 0 unspecified atom stereocenters. The Morgan fingerprint density at radius 3 is 1.63 bits per heavy atom. The van der Waals surface area contributed by atoms with E-state index in [0.717, 1.165) is 4.90 Å². The van der Waals surface area contributed by atoms with Crippen molar-refractivity contribution in [2.75, 3.05) is 59.2 Å².